The molecule has 5 nitrogen and oxygen atoms in total. The van der Waals surface area contributed by atoms with Gasteiger partial charge in [-0.05, 0) is 43.7 Å². The van der Waals surface area contributed by atoms with E-state index in [0.717, 1.165) is 35.8 Å². The van der Waals surface area contributed by atoms with Gasteiger partial charge in [-0.3, -0.25) is 4.98 Å². The summed E-state index contributed by atoms with van der Waals surface area (Å²) in [6, 6.07) is 9.74. The van der Waals surface area contributed by atoms with Crippen molar-refractivity contribution in [2.24, 2.45) is 0 Å². The highest BCUT2D eigenvalue weighted by atomic mass is 35.5. The van der Waals surface area contributed by atoms with Crippen molar-refractivity contribution in [2.45, 2.75) is 18.8 Å². The number of nitrogens with zero attached hydrogens (tertiary/aromatic N) is 4. The maximum atomic E-state index is 6.00. The van der Waals surface area contributed by atoms with Gasteiger partial charge in [0.1, 0.15) is 10.8 Å². The summed E-state index contributed by atoms with van der Waals surface area (Å²) in [5.41, 5.74) is 3.64. The van der Waals surface area contributed by atoms with Gasteiger partial charge in [0.25, 0.3) is 0 Å². The predicted octanol–water partition coefficient (Wildman–Crippen LogP) is 3.76. The normalized spacial score (nSPS) is 17.1. The minimum atomic E-state index is 0. The molecule has 1 atom stereocenters. The first-order valence-electron chi connectivity index (χ1n) is 7.49. The van der Waals surface area contributed by atoms with Crippen molar-refractivity contribution in [3.05, 3.63) is 47.4 Å². The van der Waals surface area contributed by atoms with Crippen LogP contribution in [0.5, 0.6) is 0 Å². The van der Waals surface area contributed by atoms with E-state index in [1.165, 1.54) is 12.8 Å². The van der Waals surface area contributed by atoms with Crippen LogP contribution in [0.2, 0.25) is 5.15 Å². The Hall–Kier alpha value is -1.40. The number of rotatable bonds is 2. The summed E-state index contributed by atoms with van der Waals surface area (Å²) >= 11 is 6.00. The van der Waals surface area contributed by atoms with Gasteiger partial charge in [-0.1, -0.05) is 17.7 Å². The molecule has 1 aliphatic heterocycles. The number of fused-ring (bicyclic) bond motifs is 1. The van der Waals surface area contributed by atoms with Gasteiger partial charge in [-0.25, -0.2) is 9.50 Å². The van der Waals surface area contributed by atoms with Crippen LogP contribution in [0.15, 0.2) is 36.5 Å². The molecule has 1 saturated heterocycles. The number of halogens is 3. The molecule has 4 rings (SSSR count). The molecule has 0 saturated carbocycles. The fourth-order valence-electron chi connectivity index (χ4n) is 2.95. The van der Waals surface area contributed by atoms with Crippen molar-refractivity contribution >= 4 is 42.1 Å². The lowest BCUT2D eigenvalue weighted by Gasteiger charge is -2.22. The molecule has 128 valence electrons. The minimum Gasteiger partial charge on any atom is -0.316 e. The Morgan fingerprint density at radius 3 is 2.83 bits per heavy atom. The van der Waals surface area contributed by atoms with Crippen LogP contribution < -0.4 is 5.32 Å². The first-order chi connectivity index (χ1) is 10.8. The lowest BCUT2D eigenvalue weighted by Crippen LogP contribution is -2.28. The van der Waals surface area contributed by atoms with Crippen LogP contribution in [0.25, 0.3) is 17.0 Å². The van der Waals surface area contributed by atoms with E-state index in [9.17, 15) is 0 Å². The zero-order valence-corrected chi connectivity index (χ0v) is 15.2. The van der Waals surface area contributed by atoms with Crippen LogP contribution in [0.4, 0.5) is 0 Å². The molecule has 1 fully saturated rings. The van der Waals surface area contributed by atoms with Crippen LogP contribution in [0.3, 0.4) is 0 Å². The van der Waals surface area contributed by atoms with Crippen molar-refractivity contribution in [3.8, 4) is 11.4 Å². The van der Waals surface area contributed by atoms with Gasteiger partial charge in [-0.2, -0.15) is 5.10 Å². The molecule has 1 unspecified atom stereocenters. The Balaban J connectivity index is 0.00000104. The quantitative estimate of drug-likeness (QED) is 0.728. The van der Waals surface area contributed by atoms with Crippen LogP contribution in [0, 0.1) is 0 Å². The van der Waals surface area contributed by atoms with E-state index in [1.807, 2.05) is 12.1 Å². The standard InChI is InChI=1S/C16H16ClN5.2ClH/c17-15-6-7-16-19-10-14(22(16)21-15)13-5-1-4-12(20-13)11-3-2-8-18-9-11;;/h1,4-7,10-11,18H,2-3,8-9H2;2*1H. The summed E-state index contributed by atoms with van der Waals surface area (Å²) in [7, 11) is 0. The van der Waals surface area contributed by atoms with Crippen molar-refractivity contribution in [1.82, 2.24) is 24.9 Å². The molecule has 1 N–H and O–H groups in total. The monoisotopic (exact) mass is 385 g/mol. The van der Waals surface area contributed by atoms with E-state index < -0.39 is 0 Å². The zero-order chi connectivity index (χ0) is 14.9. The van der Waals surface area contributed by atoms with Gasteiger partial charge < -0.3 is 5.32 Å². The molecule has 3 aromatic heterocycles. The predicted molar refractivity (Wildman–Crippen MR) is 101 cm³/mol. The van der Waals surface area contributed by atoms with Crippen LogP contribution in [-0.4, -0.2) is 32.7 Å². The third-order valence-corrected chi connectivity index (χ3v) is 4.28. The Labute approximate surface area is 157 Å². The number of imidazole rings is 1. The van der Waals surface area contributed by atoms with Crippen LogP contribution in [-0.2, 0) is 0 Å². The van der Waals surface area contributed by atoms with Gasteiger partial charge in [0.15, 0.2) is 5.65 Å². The van der Waals surface area contributed by atoms with E-state index >= 15 is 0 Å². The summed E-state index contributed by atoms with van der Waals surface area (Å²) < 4.78 is 1.74. The Morgan fingerprint density at radius 1 is 1.17 bits per heavy atom. The van der Waals surface area contributed by atoms with Crippen LogP contribution >= 0.6 is 36.4 Å². The fraction of sp³-hybridized carbons (Fsp3) is 0.312. The van der Waals surface area contributed by atoms with E-state index in [4.69, 9.17) is 16.6 Å². The second-order valence-corrected chi connectivity index (χ2v) is 5.95. The summed E-state index contributed by atoms with van der Waals surface area (Å²) in [6.45, 7) is 2.10. The number of hydrogen-bond donors (Lipinski definition) is 1. The first-order valence-corrected chi connectivity index (χ1v) is 7.87. The molecule has 0 bridgehead atoms. The van der Waals surface area contributed by atoms with E-state index in [2.05, 4.69) is 27.5 Å². The molecular formula is C16H18Cl3N5. The third-order valence-electron chi connectivity index (χ3n) is 4.08. The van der Waals surface area contributed by atoms with Crippen molar-refractivity contribution < 1.29 is 0 Å². The van der Waals surface area contributed by atoms with E-state index in [-0.39, 0.29) is 24.8 Å². The number of hydrogen-bond acceptors (Lipinski definition) is 4. The number of pyridine rings is 1. The largest absolute Gasteiger partial charge is 0.316 e. The fourth-order valence-corrected chi connectivity index (χ4v) is 3.09. The van der Waals surface area contributed by atoms with E-state index in [0.29, 0.717) is 11.1 Å². The van der Waals surface area contributed by atoms with Gasteiger partial charge in [0.2, 0.25) is 0 Å². The summed E-state index contributed by atoms with van der Waals surface area (Å²) in [5.74, 6) is 0.476. The average Bonchev–Trinajstić information content (AvgIpc) is 2.99. The lowest BCUT2D eigenvalue weighted by atomic mass is 9.95. The molecule has 0 aromatic carbocycles. The van der Waals surface area contributed by atoms with Crippen molar-refractivity contribution in [3.63, 3.8) is 0 Å². The molecule has 0 aliphatic carbocycles. The average molecular weight is 387 g/mol. The van der Waals surface area contributed by atoms with Crippen molar-refractivity contribution in [2.75, 3.05) is 13.1 Å². The lowest BCUT2D eigenvalue weighted by molar-refractivity contribution is 0.455. The number of piperidine rings is 1. The summed E-state index contributed by atoms with van der Waals surface area (Å²) in [4.78, 5) is 9.20. The highest BCUT2D eigenvalue weighted by molar-refractivity contribution is 6.29. The molecule has 4 heterocycles. The molecule has 0 spiro atoms. The topological polar surface area (TPSA) is 55.1 Å². The van der Waals surface area contributed by atoms with E-state index in [1.54, 1.807) is 16.8 Å². The highest BCUT2D eigenvalue weighted by Gasteiger charge is 2.17. The molecule has 8 heteroatoms. The highest BCUT2D eigenvalue weighted by Crippen LogP contribution is 2.25. The zero-order valence-electron chi connectivity index (χ0n) is 12.9. The molecule has 3 aromatic rings. The Bertz CT molecular complexity index is 814. The Morgan fingerprint density at radius 2 is 2.04 bits per heavy atom. The molecule has 0 radical (unpaired) electrons. The first kappa shape index (κ1) is 18.9. The second kappa shape index (κ2) is 8.12. The molecular weight excluding hydrogens is 369 g/mol. The molecule has 1 aliphatic rings. The third kappa shape index (κ3) is 3.64. The maximum absolute atomic E-state index is 6.00. The van der Waals surface area contributed by atoms with Gasteiger partial charge in [0, 0.05) is 18.2 Å². The minimum absolute atomic E-state index is 0. The van der Waals surface area contributed by atoms with Crippen LogP contribution in [0.1, 0.15) is 24.5 Å². The SMILES string of the molecule is Cl.Cl.Clc1ccc2ncc(-c3cccc(C4CCCNC4)n3)n2n1. The summed E-state index contributed by atoms with van der Waals surface area (Å²) in [6.07, 6.45) is 4.17. The van der Waals surface area contributed by atoms with Gasteiger partial charge in [0.05, 0.1) is 11.9 Å². The number of nitrogens with one attached hydrogen (secondary N) is 1. The molecule has 0 amide bonds. The van der Waals surface area contributed by atoms with Gasteiger partial charge >= 0.3 is 0 Å². The molecule has 24 heavy (non-hydrogen) atoms. The van der Waals surface area contributed by atoms with Gasteiger partial charge in [-0.15, -0.1) is 24.8 Å². The Kier molecular flexibility index (Phi) is 6.40. The second-order valence-electron chi connectivity index (χ2n) is 5.56. The number of aromatic nitrogens is 4. The summed E-state index contributed by atoms with van der Waals surface area (Å²) in [5, 5.41) is 8.20. The smallest absolute Gasteiger partial charge is 0.154 e. The maximum Gasteiger partial charge on any atom is 0.154 e. The van der Waals surface area contributed by atoms with Crippen molar-refractivity contribution in [1.29, 1.82) is 0 Å².